The number of hydrogen-bond donors (Lipinski definition) is 2. The number of fused-ring (bicyclic) bond motifs is 1. The van der Waals surface area contributed by atoms with E-state index in [1.165, 1.54) is 5.69 Å². The van der Waals surface area contributed by atoms with Crippen LogP contribution in [0.3, 0.4) is 0 Å². The zero-order chi connectivity index (χ0) is 22.5. The van der Waals surface area contributed by atoms with E-state index in [1.54, 1.807) is 0 Å². The molecule has 1 fully saturated rings. The minimum atomic E-state index is -0.173. The van der Waals surface area contributed by atoms with Crippen LogP contribution in [0.15, 0.2) is 48.5 Å². The molecule has 0 saturated carbocycles. The number of nitrogen functional groups attached to an aromatic ring is 1. The lowest BCUT2D eigenvalue weighted by Gasteiger charge is -2.36. The Balaban J connectivity index is 1.20. The van der Waals surface area contributed by atoms with E-state index in [-0.39, 0.29) is 12.5 Å². The van der Waals surface area contributed by atoms with Gasteiger partial charge in [-0.25, -0.2) is 0 Å². The number of benzene rings is 2. The third-order valence-corrected chi connectivity index (χ3v) is 6.08. The van der Waals surface area contributed by atoms with Crippen LogP contribution in [0.1, 0.15) is 11.3 Å². The Kier molecular flexibility index (Phi) is 6.87. The lowest BCUT2D eigenvalue weighted by Crippen LogP contribution is -2.47. The smallest absolute Gasteiger partial charge is 0.250 e. The Morgan fingerprint density at radius 2 is 1.84 bits per heavy atom. The zero-order valence-electron chi connectivity index (χ0n) is 18.8. The second kappa shape index (κ2) is 9.97. The van der Waals surface area contributed by atoms with Crippen LogP contribution in [0.5, 0.6) is 0 Å². The zero-order valence-corrected chi connectivity index (χ0v) is 18.8. The first-order valence-corrected chi connectivity index (χ1v) is 11.1. The standard InChI is InChI=1S/C25H31N5O2/c1-18-19(2)27-23-9-8-20(16-22(23)25(18)26)28-24(31)17-32-15-14-29-10-12-30(13-11-29)21-6-4-3-5-7-21/h3-9,16H,10-15,17H2,1-2H3,(H2,26,27)(H,28,31). The number of ether oxygens (including phenoxy) is 1. The summed E-state index contributed by atoms with van der Waals surface area (Å²) in [5.74, 6) is -0.173. The van der Waals surface area contributed by atoms with Crippen LogP contribution in [0, 0.1) is 13.8 Å². The molecule has 0 bridgehead atoms. The van der Waals surface area contributed by atoms with Crippen molar-refractivity contribution < 1.29 is 9.53 Å². The van der Waals surface area contributed by atoms with Gasteiger partial charge in [0.15, 0.2) is 0 Å². The van der Waals surface area contributed by atoms with Crippen LogP contribution in [-0.4, -0.2) is 61.7 Å². The molecule has 1 saturated heterocycles. The third kappa shape index (κ3) is 5.18. The number of aromatic nitrogens is 1. The fraction of sp³-hybridized carbons (Fsp3) is 0.360. The van der Waals surface area contributed by atoms with Crippen molar-refractivity contribution in [3.05, 3.63) is 59.8 Å². The molecule has 0 atom stereocenters. The summed E-state index contributed by atoms with van der Waals surface area (Å²) in [6, 6.07) is 16.1. The van der Waals surface area contributed by atoms with Crippen LogP contribution < -0.4 is 16.0 Å². The third-order valence-electron chi connectivity index (χ3n) is 6.08. The highest BCUT2D eigenvalue weighted by Crippen LogP contribution is 2.27. The van der Waals surface area contributed by atoms with Gasteiger partial charge in [-0.3, -0.25) is 14.7 Å². The van der Waals surface area contributed by atoms with Gasteiger partial charge in [-0.2, -0.15) is 0 Å². The first-order chi connectivity index (χ1) is 15.5. The average molecular weight is 434 g/mol. The van der Waals surface area contributed by atoms with Crippen molar-refractivity contribution in [3.8, 4) is 0 Å². The van der Waals surface area contributed by atoms with Gasteiger partial charge in [-0.05, 0) is 49.7 Å². The summed E-state index contributed by atoms with van der Waals surface area (Å²) in [7, 11) is 0. The molecule has 3 aromatic rings. The Bertz CT molecular complexity index is 1080. The summed E-state index contributed by atoms with van der Waals surface area (Å²) in [5, 5.41) is 3.74. The molecule has 168 valence electrons. The molecule has 0 unspecified atom stereocenters. The summed E-state index contributed by atoms with van der Waals surface area (Å²) in [6.45, 7) is 9.29. The Morgan fingerprint density at radius 1 is 1.09 bits per heavy atom. The number of nitrogens with one attached hydrogen (secondary N) is 1. The molecule has 2 aromatic carbocycles. The number of carbonyl (C=O) groups is 1. The number of pyridine rings is 1. The molecule has 4 rings (SSSR count). The van der Waals surface area contributed by atoms with E-state index >= 15 is 0 Å². The van der Waals surface area contributed by atoms with Gasteiger partial charge < -0.3 is 20.7 Å². The normalized spacial score (nSPS) is 14.6. The number of rotatable bonds is 7. The quantitative estimate of drug-likeness (QED) is 0.557. The highest BCUT2D eigenvalue weighted by molar-refractivity contribution is 5.98. The van der Waals surface area contributed by atoms with E-state index in [4.69, 9.17) is 10.5 Å². The number of anilines is 3. The number of piperazine rings is 1. The number of nitrogens with two attached hydrogens (primary N) is 1. The summed E-state index contributed by atoms with van der Waals surface area (Å²) in [4.78, 5) is 21.6. The lowest BCUT2D eigenvalue weighted by atomic mass is 10.1. The van der Waals surface area contributed by atoms with E-state index in [9.17, 15) is 4.79 Å². The highest BCUT2D eigenvalue weighted by Gasteiger charge is 2.17. The summed E-state index contributed by atoms with van der Waals surface area (Å²) in [6.07, 6.45) is 0. The van der Waals surface area contributed by atoms with E-state index in [2.05, 4.69) is 44.4 Å². The second-order valence-corrected chi connectivity index (χ2v) is 8.23. The van der Waals surface area contributed by atoms with Gasteiger partial charge in [0.1, 0.15) is 6.61 Å². The van der Waals surface area contributed by atoms with Crippen molar-refractivity contribution in [2.75, 3.05) is 61.9 Å². The first kappa shape index (κ1) is 22.0. The summed E-state index contributed by atoms with van der Waals surface area (Å²) < 4.78 is 5.62. The molecule has 1 aliphatic heterocycles. The molecule has 7 heteroatoms. The van der Waals surface area contributed by atoms with E-state index in [0.717, 1.165) is 54.9 Å². The van der Waals surface area contributed by atoms with E-state index in [0.29, 0.717) is 18.0 Å². The molecule has 0 aliphatic carbocycles. The molecule has 0 spiro atoms. The highest BCUT2D eigenvalue weighted by atomic mass is 16.5. The van der Waals surface area contributed by atoms with E-state index < -0.39 is 0 Å². The fourth-order valence-corrected chi connectivity index (χ4v) is 4.01. The van der Waals surface area contributed by atoms with Crippen LogP contribution in [-0.2, 0) is 9.53 Å². The number of hydrogen-bond acceptors (Lipinski definition) is 6. The van der Waals surface area contributed by atoms with Gasteiger partial charge in [0, 0.05) is 60.9 Å². The van der Waals surface area contributed by atoms with Crippen molar-refractivity contribution in [1.82, 2.24) is 9.88 Å². The van der Waals surface area contributed by atoms with Crippen LogP contribution in [0.4, 0.5) is 17.1 Å². The number of aryl methyl sites for hydroxylation is 1. The van der Waals surface area contributed by atoms with Crippen molar-refractivity contribution in [2.45, 2.75) is 13.8 Å². The molecule has 0 radical (unpaired) electrons. The maximum atomic E-state index is 12.3. The molecule has 1 aliphatic rings. The van der Waals surface area contributed by atoms with Crippen molar-refractivity contribution in [2.24, 2.45) is 0 Å². The Hall–Kier alpha value is -3.16. The number of para-hydroxylation sites is 1. The van der Waals surface area contributed by atoms with Gasteiger partial charge in [0.2, 0.25) is 5.91 Å². The maximum Gasteiger partial charge on any atom is 0.250 e. The monoisotopic (exact) mass is 433 g/mol. The van der Waals surface area contributed by atoms with Gasteiger partial charge >= 0.3 is 0 Å². The van der Waals surface area contributed by atoms with Crippen molar-refractivity contribution in [3.63, 3.8) is 0 Å². The maximum absolute atomic E-state index is 12.3. The number of carbonyl (C=O) groups excluding carboxylic acids is 1. The van der Waals surface area contributed by atoms with Crippen LogP contribution in [0.2, 0.25) is 0 Å². The SMILES string of the molecule is Cc1nc2ccc(NC(=O)COCCN3CCN(c4ccccc4)CC3)cc2c(N)c1C. The van der Waals surface area contributed by atoms with Crippen molar-refractivity contribution >= 4 is 33.9 Å². The number of amides is 1. The molecular formula is C25H31N5O2. The minimum absolute atomic E-state index is 0.0304. The van der Waals surface area contributed by atoms with Crippen LogP contribution >= 0.6 is 0 Å². The molecule has 1 amide bonds. The largest absolute Gasteiger partial charge is 0.398 e. The van der Waals surface area contributed by atoms with Gasteiger partial charge in [-0.1, -0.05) is 18.2 Å². The second-order valence-electron chi connectivity index (χ2n) is 8.23. The summed E-state index contributed by atoms with van der Waals surface area (Å²) >= 11 is 0. The molecule has 3 N–H and O–H groups in total. The van der Waals surface area contributed by atoms with E-state index in [1.807, 2.05) is 38.1 Å². The van der Waals surface area contributed by atoms with Gasteiger partial charge in [-0.15, -0.1) is 0 Å². The van der Waals surface area contributed by atoms with Crippen molar-refractivity contribution in [1.29, 1.82) is 0 Å². The fourth-order valence-electron chi connectivity index (χ4n) is 4.01. The topological polar surface area (TPSA) is 83.7 Å². The first-order valence-electron chi connectivity index (χ1n) is 11.1. The molecular weight excluding hydrogens is 402 g/mol. The Labute approximate surface area is 189 Å². The average Bonchev–Trinajstić information content (AvgIpc) is 2.82. The van der Waals surface area contributed by atoms with Gasteiger partial charge in [0.05, 0.1) is 12.1 Å². The molecule has 32 heavy (non-hydrogen) atoms. The predicted octanol–water partition coefficient (Wildman–Crippen LogP) is 3.21. The molecule has 2 heterocycles. The summed E-state index contributed by atoms with van der Waals surface area (Å²) in [5.41, 5.74) is 11.6. The minimum Gasteiger partial charge on any atom is -0.398 e. The van der Waals surface area contributed by atoms with Gasteiger partial charge in [0.25, 0.3) is 0 Å². The number of nitrogens with zero attached hydrogens (tertiary/aromatic N) is 3. The predicted molar refractivity (Wildman–Crippen MR) is 130 cm³/mol. The molecule has 1 aromatic heterocycles. The lowest BCUT2D eigenvalue weighted by molar-refractivity contribution is -0.120. The Morgan fingerprint density at radius 3 is 2.59 bits per heavy atom. The molecule has 7 nitrogen and oxygen atoms in total. The van der Waals surface area contributed by atoms with Crippen LogP contribution in [0.25, 0.3) is 10.9 Å².